The Morgan fingerprint density at radius 1 is 1.25 bits per heavy atom. The fourth-order valence-electron chi connectivity index (χ4n) is 5.26. The number of aryl methyl sites for hydroxylation is 1. The van der Waals surface area contributed by atoms with Crippen LogP contribution in [0.1, 0.15) is 55.3 Å². The average molecular weight is 512 g/mol. The normalized spacial score (nSPS) is 19.6. The highest BCUT2D eigenvalue weighted by atomic mass is 32.2. The van der Waals surface area contributed by atoms with Crippen LogP contribution in [0.4, 0.5) is 11.5 Å². The first kappa shape index (κ1) is 24.5. The molecule has 9 nitrogen and oxygen atoms in total. The quantitative estimate of drug-likeness (QED) is 0.414. The predicted octanol–water partition coefficient (Wildman–Crippen LogP) is 3.63. The highest BCUT2D eigenvalue weighted by molar-refractivity contribution is 7.90. The van der Waals surface area contributed by atoms with E-state index >= 15 is 0 Å². The fourth-order valence-corrected chi connectivity index (χ4v) is 5.93. The van der Waals surface area contributed by atoms with Crippen molar-refractivity contribution < 1.29 is 17.9 Å². The van der Waals surface area contributed by atoms with Crippen LogP contribution >= 0.6 is 0 Å². The largest absolute Gasteiger partial charge is 0.493 e. The summed E-state index contributed by atoms with van der Waals surface area (Å²) in [6.45, 7) is 3.32. The Morgan fingerprint density at radius 2 is 2.11 bits per heavy atom. The second-order valence-corrected chi connectivity index (χ2v) is 12.3. The van der Waals surface area contributed by atoms with Crippen molar-refractivity contribution in [3.05, 3.63) is 41.3 Å². The second-order valence-electron chi connectivity index (χ2n) is 10.0. The third kappa shape index (κ3) is 5.33. The van der Waals surface area contributed by atoms with Crippen molar-refractivity contribution in [2.45, 2.75) is 51.4 Å². The van der Waals surface area contributed by atoms with Crippen LogP contribution in [0.3, 0.4) is 0 Å². The molecule has 36 heavy (non-hydrogen) atoms. The second kappa shape index (κ2) is 10.1. The fraction of sp³-hybridized carbons (Fsp3) is 0.500. The summed E-state index contributed by atoms with van der Waals surface area (Å²) in [5, 5.41) is 7.28. The van der Waals surface area contributed by atoms with Gasteiger partial charge in [-0.05, 0) is 61.6 Å². The molecular formula is C26H33N5O4S. The zero-order chi connectivity index (χ0) is 25.3. The maximum absolute atomic E-state index is 12.8. The van der Waals surface area contributed by atoms with Crippen LogP contribution < -0.4 is 15.4 Å². The van der Waals surface area contributed by atoms with Gasteiger partial charge in [0.15, 0.2) is 0 Å². The van der Waals surface area contributed by atoms with Gasteiger partial charge < -0.3 is 20.4 Å². The summed E-state index contributed by atoms with van der Waals surface area (Å²) in [5.41, 5.74) is 5.04. The lowest BCUT2D eigenvalue weighted by Gasteiger charge is -2.22. The van der Waals surface area contributed by atoms with Crippen molar-refractivity contribution >= 4 is 38.3 Å². The van der Waals surface area contributed by atoms with E-state index in [1.54, 1.807) is 6.33 Å². The number of benzene rings is 1. The first-order valence-electron chi connectivity index (χ1n) is 12.6. The highest BCUT2D eigenvalue weighted by Gasteiger charge is 2.29. The minimum Gasteiger partial charge on any atom is -0.493 e. The maximum Gasteiger partial charge on any atom is 0.223 e. The van der Waals surface area contributed by atoms with Gasteiger partial charge in [0.1, 0.15) is 33.4 Å². The van der Waals surface area contributed by atoms with Gasteiger partial charge >= 0.3 is 0 Å². The zero-order valence-corrected chi connectivity index (χ0v) is 21.6. The Hall–Kier alpha value is -3.14. The van der Waals surface area contributed by atoms with E-state index in [0.29, 0.717) is 31.1 Å². The number of sulfone groups is 1. The molecule has 2 atom stereocenters. The molecule has 0 saturated heterocycles. The lowest BCUT2D eigenvalue weighted by molar-refractivity contribution is -0.125. The lowest BCUT2D eigenvalue weighted by Crippen LogP contribution is -2.35. The first-order valence-corrected chi connectivity index (χ1v) is 14.7. The molecule has 0 radical (unpaired) electrons. The first-order chi connectivity index (χ1) is 17.3. The molecule has 1 amide bonds. The standard InChI is InChI=1S/C26H33N5O4S/c1-16-5-3-11-35-22-14-18(7-8-19(16)22)30-24-23-20-13-17(26(32)27-10-4-12-36(2,33)34)6-9-21(20)31-25(23)29-15-28-24/h7-8,14-17H,3-6,9-13H2,1-2H3,(H,27,32)(H2,28,29,30,31). The number of ether oxygens (including phenoxy) is 1. The van der Waals surface area contributed by atoms with Gasteiger partial charge in [0.2, 0.25) is 5.91 Å². The van der Waals surface area contributed by atoms with Crippen molar-refractivity contribution in [1.82, 2.24) is 20.3 Å². The number of hydrogen-bond acceptors (Lipinski definition) is 7. The number of hydrogen-bond donors (Lipinski definition) is 3. The summed E-state index contributed by atoms with van der Waals surface area (Å²) in [7, 11) is -3.03. The number of fused-ring (bicyclic) bond motifs is 4. The van der Waals surface area contributed by atoms with E-state index in [1.165, 1.54) is 11.8 Å². The molecule has 3 heterocycles. The molecule has 1 aliphatic heterocycles. The van der Waals surface area contributed by atoms with Crippen LogP contribution in [0.25, 0.3) is 11.0 Å². The van der Waals surface area contributed by atoms with E-state index in [2.05, 4.69) is 44.6 Å². The van der Waals surface area contributed by atoms with Gasteiger partial charge in [0.05, 0.1) is 17.7 Å². The number of carbonyl (C=O) groups is 1. The topological polar surface area (TPSA) is 126 Å². The van der Waals surface area contributed by atoms with E-state index in [0.717, 1.165) is 66.0 Å². The summed E-state index contributed by atoms with van der Waals surface area (Å²) in [6, 6.07) is 6.23. The molecular weight excluding hydrogens is 478 g/mol. The average Bonchev–Trinajstić information content (AvgIpc) is 3.12. The Labute approximate surface area is 211 Å². The van der Waals surface area contributed by atoms with Crippen LogP contribution in [0.5, 0.6) is 5.75 Å². The molecule has 2 unspecified atom stereocenters. The Kier molecular flexibility index (Phi) is 6.87. The zero-order valence-electron chi connectivity index (χ0n) is 20.8. The van der Waals surface area contributed by atoms with Gasteiger partial charge in [-0.1, -0.05) is 13.0 Å². The third-order valence-electron chi connectivity index (χ3n) is 7.18. The molecule has 10 heteroatoms. The Bertz CT molecular complexity index is 1380. The van der Waals surface area contributed by atoms with E-state index in [4.69, 9.17) is 4.74 Å². The minimum absolute atomic E-state index is 0.0353. The third-order valence-corrected chi connectivity index (χ3v) is 8.21. The summed E-state index contributed by atoms with van der Waals surface area (Å²) < 4.78 is 28.7. The lowest BCUT2D eigenvalue weighted by atomic mass is 9.86. The van der Waals surface area contributed by atoms with E-state index in [9.17, 15) is 13.2 Å². The number of H-pyrrole nitrogens is 1. The van der Waals surface area contributed by atoms with Crippen molar-refractivity contribution in [2.75, 3.05) is 30.5 Å². The molecule has 5 rings (SSSR count). The van der Waals surface area contributed by atoms with Gasteiger partial charge in [-0.3, -0.25) is 4.79 Å². The smallest absolute Gasteiger partial charge is 0.223 e. The SMILES string of the molecule is CC1CCCOc2cc(Nc3ncnc4[nH]c5c(c34)CC(C(=O)NCCCS(C)(=O)=O)CC5)ccc21. The Balaban J connectivity index is 1.35. The molecule has 192 valence electrons. The van der Waals surface area contributed by atoms with Crippen molar-refractivity contribution in [1.29, 1.82) is 0 Å². The molecule has 3 aromatic rings. The van der Waals surface area contributed by atoms with Gasteiger partial charge in [0, 0.05) is 36.2 Å². The van der Waals surface area contributed by atoms with Crippen LogP contribution in [-0.4, -0.2) is 54.4 Å². The van der Waals surface area contributed by atoms with Crippen molar-refractivity contribution in [2.24, 2.45) is 5.92 Å². The number of aromatic nitrogens is 3. The molecule has 0 fully saturated rings. The molecule has 0 saturated carbocycles. The molecule has 2 aliphatic rings. The summed E-state index contributed by atoms with van der Waals surface area (Å²) in [6.07, 6.45) is 7.40. The highest BCUT2D eigenvalue weighted by Crippen LogP contribution is 2.38. The number of aromatic amines is 1. The van der Waals surface area contributed by atoms with Gasteiger partial charge in [-0.15, -0.1) is 0 Å². The van der Waals surface area contributed by atoms with E-state index in [1.807, 2.05) is 6.07 Å². The monoisotopic (exact) mass is 511 g/mol. The number of carbonyl (C=O) groups excluding carboxylic acids is 1. The molecule has 0 bridgehead atoms. The number of anilines is 2. The number of amides is 1. The molecule has 3 N–H and O–H groups in total. The summed E-state index contributed by atoms with van der Waals surface area (Å²) >= 11 is 0. The maximum atomic E-state index is 12.8. The van der Waals surface area contributed by atoms with Gasteiger partial charge in [-0.2, -0.15) is 0 Å². The number of nitrogens with one attached hydrogen (secondary N) is 3. The van der Waals surface area contributed by atoms with Crippen LogP contribution in [-0.2, 0) is 27.5 Å². The van der Waals surface area contributed by atoms with Crippen LogP contribution in [0.15, 0.2) is 24.5 Å². The molecule has 0 spiro atoms. The molecule has 1 aliphatic carbocycles. The minimum atomic E-state index is -3.03. The summed E-state index contributed by atoms with van der Waals surface area (Å²) in [4.78, 5) is 25.2. The van der Waals surface area contributed by atoms with E-state index < -0.39 is 9.84 Å². The predicted molar refractivity (Wildman–Crippen MR) is 140 cm³/mol. The van der Waals surface area contributed by atoms with Crippen molar-refractivity contribution in [3.8, 4) is 5.75 Å². The Morgan fingerprint density at radius 3 is 2.94 bits per heavy atom. The summed E-state index contributed by atoms with van der Waals surface area (Å²) in [5.74, 6) is 1.95. The van der Waals surface area contributed by atoms with E-state index in [-0.39, 0.29) is 17.6 Å². The van der Waals surface area contributed by atoms with Crippen LogP contribution in [0.2, 0.25) is 0 Å². The molecule has 2 aromatic heterocycles. The van der Waals surface area contributed by atoms with Crippen LogP contribution in [0, 0.1) is 5.92 Å². The number of nitrogens with zero attached hydrogens (tertiary/aromatic N) is 2. The molecule has 1 aromatic carbocycles. The number of rotatable bonds is 7. The van der Waals surface area contributed by atoms with Crippen molar-refractivity contribution in [3.63, 3.8) is 0 Å². The van der Waals surface area contributed by atoms with Gasteiger partial charge in [0.25, 0.3) is 0 Å². The van der Waals surface area contributed by atoms with Gasteiger partial charge in [-0.25, -0.2) is 18.4 Å².